The standard InChI is InChI=1S/C25H23Cl2N3O5S/c1-3-35-22-17(26)9-15(10-18(22)27)20-16(11-28)24(30-23(32)21(20)25(33)34-2)36-13-19(31)29-12-14-7-5-4-6-8-14/h4-10,20-21H,3,12-13H2,1-2H3,(H,29,31)(H,30,32)/t20-,21-/m0/s1. The molecule has 8 nitrogen and oxygen atoms in total. The number of carbonyl (C=O) groups excluding carboxylic acids is 3. The average molecular weight is 548 g/mol. The van der Waals surface area contributed by atoms with E-state index in [1.54, 1.807) is 6.92 Å². The summed E-state index contributed by atoms with van der Waals surface area (Å²) < 4.78 is 10.3. The van der Waals surface area contributed by atoms with Crippen LogP contribution in [0.15, 0.2) is 53.1 Å². The molecule has 0 saturated heterocycles. The molecule has 2 aromatic rings. The van der Waals surface area contributed by atoms with E-state index >= 15 is 0 Å². The maximum atomic E-state index is 13.0. The molecule has 3 rings (SSSR count). The molecule has 0 aromatic heterocycles. The number of nitriles is 1. The van der Waals surface area contributed by atoms with Crippen molar-refractivity contribution in [2.75, 3.05) is 19.5 Å². The normalized spacial score (nSPS) is 17.1. The SMILES string of the molecule is CCOc1c(Cl)cc([C@H]2C(C#N)=C(SCC(=O)NCc3ccccc3)NC(=O)[C@H]2C(=O)OC)cc1Cl. The van der Waals surface area contributed by atoms with Gasteiger partial charge in [0, 0.05) is 12.5 Å². The van der Waals surface area contributed by atoms with E-state index in [-0.39, 0.29) is 38.1 Å². The Morgan fingerprint density at radius 3 is 2.44 bits per heavy atom. The molecule has 36 heavy (non-hydrogen) atoms. The third-order valence-electron chi connectivity index (χ3n) is 5.33. The molecule has 2 atom stereocenters. The van der Waals surface area contributed by atoms with Crippen molar-refractivity contribution in [1.82, 2.24) is 10.6 Å². The van der Waals surface area contributed by atoms with Crippen molar-refractivity contribution in [2.24, 2.45) is 5.92 Å². The highest BCUT2D eigenvalue weighted by molar-refractivity contribution is 8.03. The highest BCUT2D eigenvalue weighted by atomic mass is 35.5. The summed E-state index contributed by atoms with van der Waals surface area (Å²) in [6.07, 6.45) is 0. The fraction of sp³-hybridized carbons (Fsp3) is 0.280. The second-order valence-electron chi connectivity index (χ2n) is 7.62. The molecule has 0 spiro atoms. The van der Waals surface area contributed by atoms with E-state index in [2.05, 4.69) is 16.7 Å². The molecule has 188 valence electrons. The van der Waals surface area contributed by atoms with Gasteiger partial charge in [0.2, 0.25) is 11.8 Å². The second-order valence-corrected chi connectivity index (χ2v) is 9.42. The van der Waals surface area contributed by atoms with Crippen molar-refractivity contribution in [3.8, 4) is 11.8 Å². The Bertz CT molecular complexity index is 1210. The van der Waals surface area contributed by atoms with Crippen LogP contribution in [-0.4, -0.2) is 37.3 Å². The van der Waals surface area contributed by atoms with Gasteiger partial charge >= 0.3 is 5.97 Å². The molecule has 2 amide bonds. The third kappa shape index (κ3) is 6.32. The first-order valence-corrected chi connectivity index (χ1v) is 12.6. The number of hydrogen-bond donors (Lipinski definition) is 2. The molecule has 0 unspecified atom stereocenters. The van der Waals surface area contributed by atoms with Crippen LogP contribution in [0.1, 0.15) is 24.0 Å². The topological polar surface area (TPSA) is 118 Å². The van der Waals surface area contributed by atoms with Gasteiger partial charge in [-0.1, -0.05) is 65.3 Å². The quantitative estimate of drug-likeness (QED) is 0.357. The van der Waals surface area contributed by atoms with E-state index in [0.717, 1.165) is 24.4 Å². The second kappa shape index (κ2) is 12.7. The van der Waals surface area contributed by atoms with Crippen molar-refractivity contribution in [3.63, 3.8) is 0 Å². The van der Waals surface area contributed by atoms with Gasteiger partial charge in [-0.25, -0.2) is 0 Å². The Labute approximate surface area is 222 Å². The summed E-state index contributed by atoms with van der Waals surface area (Å²) in [5, 5.41) is 15.9. The minimum atomic E-state index is -1.36. The van der Waals surface area contributed by atoms with E-state index in [9.17, 15) is 19.6 Å². The van der Waals surface area contributed by atoms with Gasteiger partial charge in [-0.3, -0.25) is 14.4 Å². The molecule has 1 heterocycles. The lowest BCUT2D eigenvalue weighted by molar-refractivity contribution is -0.150. The minimum Gasteiger partial charge on any atom is -0.491 e. The van der Waals surface area contributed by atoms with Crippen molar-refractivity contribution in [1.29, 1.82) is 5.26 Å². The molecule has 2 N–H and O–H groups in total. The smallest absolute Gasteiger partial charge is 0.319 e. The number of ether oxygens (including phenoxy) is 2. The van der Waals surface area contributed by atoms with Gasteiger partial charge in [-0.05, 0) is 30.2 Å². The van der Waals surface area contributed by atoms with Crippen molar-refractivity contribution < 1.29 is 23.9 Å². The molecule has 1 aliphatic rings. The number of hydrogen-bond acceptors (Lipinski definition) is 7. The van der Waals surface area contributed by atoms with Crippen molar-refractivity contribution in [3.05, 3.63) is 74.2 Å². The van der Waals surface area contributed by atoms with E-state index in [1.807, 2.05) is 30.3 Å². The fourth-order valence-corrected chi connectivity index (χ4v) is 5.20. The number of amides is 2. The zero-order chi connectivity index (χ0) is 26.2. The van der Waals surface area contributed by atoms with Gasteiger partial charge in [-0.15, -0.1) is 0 Å². The number of nitrogens with one attached hydrogen (secondary N) is 2. The highest BCUT2D eigenvalue weighted by Gasteiger charge is 2.44. The van der Waals surface area contributed by atoms with E-state index in [1.165, 1.54) is 12.1 Å². The number of allylic oxidation sites excluding steroid dienone is 1. The first kappa shape index (κ1) is 27.4. The first-order valence-electron chi connectivity index (χ1n) is 10.9. The molecule has 0 radical (unpaired) electrons. The van der Waals surface area contributed by atoms with Gasteiger partial charge in [0.15, 0.2) is 5.75 Å². The molecule has 0 saturated carbocycles. The molecule has 0 fully saturated rings. The fourth-order valence-electron chi connectivity index (χ4n) is 3.71. The summed E-state index contributed by atoms with van der Waals surface area (Å²) in [6, 6.07) is 14.5. The Balaban J connectivity index is 1.91. The van der Waals surface area contributed by atoms with E-state index in [0.29, 0.717) is 18.7 Å². The maximum absolute atomic E-state index is 13.0. The van der Waals surface area contributed by atoms with Gasteiger partial charge < -0.3 is 20.1 Å². The van der Waals surface area contributed by atoms with Crippen molar-refractivity contribution >= 4 is 52.7 Å². The zero-order valence-electron chi connectivity index (χ0n) is 19.5. The van der Waals surface area contributed by atoms with Crippen LogP contribution >= 0.6 is 35.0 Å². The Morgan fingerprint density at radius 1 is 1.19 bits per heavy atom. The highest BCUT2D eigenvalue weighted by Crippen LogP contribution is 2.44. The summed E-state index contributed by atoms with van der Waals surface area (Å²) in [7, 11) is 1.15. The molecule has 0 bridgehead atoms. The van der Waals surface area contributed by atoms with Crippen LogP contribution < -0.4 is 15.4 Å². The molecular weight excluding hydrogens is 525 g/mol. The zero-order valence-corrected chi connectivity index (χ0v) is 21.8. The number of methoxy groups -OCH3 is 1. The van der Waals surface area contributed by atoms with Gasteiger partial charge in [0.25, 0.3) is 0 Å². The van der Waals surface area contributed by atoms with Crippen LogP contribution in [0.2, 0.25) is 10.0 Å². The number of thioether (sulfide) groups is 1. The van der Waals surface area contributed by atoms with Crippen LogP contribution in [0, 0.1) is 17.2 Å². The maximum Gasteiger partial charge on any atom is 0.319 e. The number of rotatable bonds is 9. The molecule has 0 aliphatic carbocycles. The molecular formula is C25H23Cl2N3O5S. The summed E-state index contributed by atoms with van der Waals surface area (Å²) in [5.41, 5.74) is 1.38. The number of nitrogens with zero attached hydrogens (tertiary/aromatic N) is 1. The number of carbonyl (C=O) groups is 3. The van der Waals surface area contributed by atoms with Crippen molar-refractivity contribution in [2.45, 2.75) is 19.4 Å². The van der Waals surface area contributed by atoms with Crippen LogP contribution in [0.5, 0.6) is 5.75 Å². The summed E-state index contributed by atoms with van der Waals surface area (Å²) in [5.74, 6) is -3.97. The number of benzene rings is 2. The molecule has 2 aromatic carbocycles. The van der Waals surface area contributed by atoms with Crippen LogP contribution in [-0.2, 0) is 25.7 Å². The minimum absolute atomic E-state index is 0.0615. The predicted molar refractivity (Wildman–Crippen MR) is 137 cm³/mol. The summed E-state index contributed by atoms with van der Waals surface area (Å²) >= 11 is 13.7. The van der Waals surface area contributed by atoms with Crippen LogP contribution in [0.25, 0.3) is 0 Å². The van der Waals surface area contributed by atoms with Crippen LogP contribution in [0.4, 0.5) is 0 Å². The van der Waals surface area contributed by atoms with Gasteiger partial charge in [0.05, 0.1) is 46.2 Å². The average Bonchev–Trinajstić information content (AvgIpc) is 2.87. The number of esters is 1. The Kier molecular flexibility index (Phi) is 9.65. The molecule has 1 aliphatic heterocycles. The largest absolute Gasteiger partial charge is 0.491 e. The number of halogens is 2. The first-order chi connectivity index (χ1) is 17.3. The van der Waals surface area contributed by atoms with E-state index < -0.39 is 23.7 Å². The predicted octanol–water partition coefficient (Wildman–Crippen LogP) is 4.18. The molecule has 11 heteroatoms. The van der Waals surface area contributed by atoms with Gasteiger partial charge in [-0.2, -0.15) is 5.26 Å². The third-order valence-corrected chi connectivity index (χ3v) is 6.91. The van der Waals surface area contributed by atoms with Crippen LogP contribution in [0.3, 0.4) is 0 Å². The van der Waals surface area contributed by atoms with E-state index in [4.69, 9.17) is 32.7 Å². The lowest BCUT2D eigenvalue weighted by Crippen LogP contribution is -2.44. The van der Waals surface area contributed by atoms with Gasteiger partial charge in [0.1, 0.15) is 5.92 Å². The summed E-state index contributed by atoms with van der Waals surface area (Å²) in [4.78, 5) is 38.0. The summed E-state index contributed by atoms with van der Waals surface area (Å²) in [6.45, 7) is 2.44. The Morgan fingerprint density at radius 2 is 1.86 bits per heavy atom. The lowest BCUT2D eigenvalue weighted by Gasteiger charge is -2.31. The Hall–Kier alpha value is -3.19. The lowest BCUT2D eigenvalue weighted by atomic mass is 9.78. The monoisotopic (exact) mass is 547 g/mol.